The maximum Gasteiger partial charge on any atom is 0.221 e. The SMILES string of the molecule is CC(=O)Nc1ccc(NCc2cncn2C(C)C)cc1Cl. The van der Waals surface area contributed by atoms with Gasteiger partial charge in [-0.1, -0.05) is 11.6 Å². The van der Waals surface area contributed by atoms with Crippen LogP contribution >= 0.6 is 11.6 Å². The van der Waals surface area contributed by atoms with Crippen LogP contribution in [0.1, 0.15) is 32.5 Å². The first-order chi connectivity index (χ1) is 9.97. The lowest BCUT2D eigenvalue weighted by atomic mass is 10.2. The maximum atomic E-state index is 11.0. The number of rotatable bonds is 5. The first-order valence-corrected chi connectivity index (χ1v) is 7.17. The molecule has 0 aliphatic rings. The Morgan fingerprint density at radius 3 is 2.81 bits per heavy atom. The zero-order valence-corrected chi connectivity index (χ0v) is 13.1. The van der Waals surface area contributed by atoms with Crippen molar-refractivity contribution in [3.05, 3.63) is 41.4 Å². The zero-order chi connectivity index (χ0) is 15.4. The summed E-state index contributed by atoms with van der Waals surface area (Å²) in [5.41, 5.74) is 2.61. The van der Waals surface area contributed by atoms with Crippen LogP contribution in [0.3, 0.4) is 0 Å². The van der Waals surface area contributed by atoms with Crippen molar-refractivity contribution in [3.63, 3.8) is 0 Å². The lowest BCUT2D eigenvalue weighted by Crippen LogP contribution is -2.09. The average molecular weight is 307 g/mol. The number of hydrogen-bond acceptors (Lipinski definition) is 3. The summed E-state index contributed by atoms with van der Waals surface area (Å²) in [6.07, 6.45) is 3.68. The highest BCUT2D eigenvalue weighted by molar-refractivity contribution is 6.34. The van der Waals surface area contributed by atoms with Crippen LogP contribution in [0.5, 0.6) is 0 Å². The predicted molar refractivity (Wildman–Crippen MR) is 85.7 cm³/mol. The molecule has 0 fully saturated rings. The average Bonchev–Trinajstić information content (AvgIpc) is 2.87. The molecule has 2 aromatic rings. The molecular formula is C15H19ClN4O. The molecule has 0 saturated heterocycles. The summed E-state index contributed by atoms with van der Waals surface area (Å²) in [6, 6.07) is 5.83. The second-order valence-corrected chi connectivity index (χ2v) is 5.52. The molecule has 0 atom stereocenters. The fraction of sp³-hybridized carbons (Fsp3) is 0.333. The highest BCUT2D eigenvalue weighted by atomic mass is 35.5. The Balaban J connectivity index is 2.05. The van der Waals surface area contributed by atoms with Crippen molar-refractivity contribution in [1.82, 2.24) is 9.55 Å². The van der Waals surface area contributed by atoms with Gasteiger partial charge < -0.3 is 15.2 Å². The Morgan fingerprint density at radius 2 is 2.19 bits per heavy atom. The first kappa shape index (κ1) is 15.4. The summed E-state index contributed by atoms with van der Waals surface area (Å²) in [5, 5.41) is 6.49. The monoisotopic (exact) mass is 306 g/mol. The summed E-state index contributed by atoms with van der Waals surface area (Å²) < 4.78 is 2.11. The number of aromatic nitrogens is 2. The van der Waals surface area contributed by atoms with Crippen molar-refractivity contribution in [3.8, 4) is 0 Å². The molecule has 2 N–H and O–H groups in total. The van der Waals surface area contributed by atoms with Gasteiger partial charge in [0, 0.05) is 24.8 Å². The van der Waals surface area contributed by atoms with Gasteiger partial charge in [-0.15, -0.1) is 0 Å². The molecule has 5 nitrogen and oxygen atoms in total. The zero-order valence-electron chi connectivity index (χ0n) is 12.4. The number of nitrogens with one attached hydrogen (secondary N) is 2. The fourth-order valence-electron chi connectivity index (χ4n) is 2.04. The number of anilines is 2. The van der Waals surface area contributed by atoms with E-state index >= 15 is 0 Å². The normalized spacial score (nSPS) is 10.7. The molecule has 112 valence electrons. The number of carbonyl (C=O) groups excluding carboxylic acids is 1. The third-order valence-electron chi connectivity index (χ3n) is 3.06. The van der Waals surface area contributed by atoms with E-state index in [2.05, 4.69) is 34.0 Å². The van der Waals surface area contributed by atoms with Gasteiger partial charge in [-0.05, 0) is 32.0 Å². The first-order valence-electron chi connectivity index (χ1n) is 6.79. The Hall–Kier alpha value is -2.01. The third kappa shape index (κ3) is 3.98. The number of benzene rings is 1. The molecule has 1 aromatic heterocycles. The Labute approximate surface area is 129 Å². The summed E-state index contributed by atoms with van der Waals surface area (Å²) in [4.78, 5) is 15.2. The van der Waals surface area contributed by atoms with E-state index in [0.29, 0.717) is 23.3 Å². The van der Waals surface area contributed by atoms with Crippen LogP contribution in [-0.2, 0) is 11.3 Å². The van der Waals surface area contributed by atoms with Gasteiger partial charge in [0.1, 0.15) is 0 Å². The van der Waals surface area contributed by atoms with Crippen molar-refractivity contribution in [2.45, 2.75) is 33.4 Å². The number of imidazole rings is 1. The summed E-state index contributed by atoms with van der Waals surface area (Å²) in [6.45, 7) is 6.35. The molecule has 1 amide bonds. The molecule has 0 aliphatic heterocycles. The number of amides is 1. The smallest absolute Gasteiger partial charge is 0.221 e. The van der Waals surface area contributed by atoms with Gasteiger partial charge in [0.2, 0.25) is 5.91 Å². The molecule has 1 aromatic carbocycles. The Morgan fingerprint density at radius 1 is 1.43 bits per heavy atom. The van der Waals surface area contributed by atoms with Crippen LogP contribution in [0.2, 0.25) is 5.02 Å². The lowest BCUT2D eigenvalue weighted by Gasteiger charge is -2.13. The molecule has 0 spiro atoms. The van der Waals surface area contributed by atoms with Gasteiger partial charge >= 0.3 is 0 Å². The molecule has 0 saturated carbocycles. The highest BCUT2D eigenvalue weighted by Crippen LogP contribution is 2.25. The third-order valence-corrected chi connectivity index (χ3v) is 3.37. The minimum atomic E-state index is -0.140. The minimum Gasteiger partial charge on any atom is -0.379 e. The van der Waals surface area contributed by atoms with Gasteiger partial charge in [-0.25, -0.2) is 4.98 Å². The summed E-state index contributed by atoms with van der Waals surface area (Å²) in [5.74, 6) is -0.140. The highest BCUT2D eigenvalue weighted by Gasteiger charge is 2.06. The fourth-order valence-corrected chi connectivity index (χ4v) is 2.27. The van der Waals surface area contributed by atoms with E-state index in [0.717, 1.165) is 11.4 Å². The quantitative estimate of drug-likeness (QED) is 0.885. The largest absolute Gasteiger partial charge is 0.379 e. The number of halogens is 1. The van der Waals surface area contributed by atoms with Crippen molar-refractivity contribution in [2.24, 2.45) is 0 Å². The molecule has 21 heavy (non-hydrogen) atoms. The van der Waals surface area contributed by atoms with E-state index in [4.69, 9.17) is 11.6 Å². The van der Waals surface area contributed by atoms with Crippen LogP contribution in [0.15, 0.2) is 30.7 Å². The molecular weight excluding hydrogens is 288 g/mol. The van der Waals surface area contributed by atoms with E-state index in [9.17, 15) is 4.79 Å². The Kier molecular flexibility index (Phi) is 4.85. The van der Waals surface area contributed by atoms with E-state index in [-0.39, 0.29) is 5.91 Å². The van der Waals surface area contributed by atoms with Crippen molar-refractivity contribution >= 4 is 28.9 Å². The second kappa shape index (κ2) is 6.63. The predicted octanol–water partition coefficient (Wildman–Crippen LogP) is 3.69. The minimum absolute atomic E-state index is 0.140. The van der Waals surface area contributed by atoms with E-state index in [1.54, 1.807) is 12.1 Å². The van der Waals surface area contributed by atoms with Crippen LogP contribution in [0.4, 0.5) is 11.4 Å². The number of hydrogen-bond donors (Lipinski definition) is 2. The molecule has 1 heterocycles. The topological polar surface area (TPSA) is 59.0 Å². The van der Waals surface area contributed by atoms with Gasteiger partial charge in [0.05, 0.1) is 29.3 Å². The Bertz CT molecular complexity index is 636. The van der Waals surface area contributed by atoms with E-state index < -0.39 is 0 Å². The molecule has 0 radical (unpaired) electrons. The van der Waals surface area contributed by atoms with Crippen molar-refractivity contribution in [1.29, 1.82) is 0 Å². The second-order valence-electron chi connectivity index (χ2n) is 5.12. The maximum absolute atomic E-state index is 11.0. The van der Waals surface area contributed by atoms with Crippen LogP contribution in [-0.4, -0.2) is 15.5 Å². The van der Waals surface area contributed by atoms with E-state index in [1.807, 2.05) is 18.6 Å². The number of carbonyl (C=O) groups is 1. The lowest BCUT2D eigenvalue weighted by molar-refractivity contribution is -0.114. The van der Waals surface area contributed by atoms with Crippen LogP contribution in [0.25, 0.3) is 0 Å². The van der Waals surface area contributed by atoms with E-state index in [1.165, 1.54) is 6.92 Å². The molecule has 2 rings (SSSR count). The van der Waals surface area contributed by atoms with Gasteiger partial charge in [0.25, 0.3) is 0 Å². The van der Waals surface area contributed by atoms with Crippen LogP contribution < -0.4 is 10.6 Å². The molecule has 6 heteroatoms. The standard InChI is InChI=1S/C15H19ClN4O/c1-10(2)20-9-17-7-13(20)8-18-12-4-5-15(14(16)6-12)19-11(3)21/h4-7,9-10,18H,8H2,1-3H3,(H,19,21). The van der Waals surface area contributed by atoms with Gasteiger partial charge in [-0.2, -0.15) is 0 Å². The summed E-state index contributed by atoms with van der Waals surface area (Å²) in [7, 11) is 0. The molecule has 0 unspecified atom stereocenters. The van der Waals surface area contributed by atoms with Gasteiger partial charge in [-0.3, -0.25) is 4.79 Å². The molecule has 0 bridgehead atoms. The van der Waals surface area contributed by atoms with Crippen molar-refractivity contribution < 1.29 is 4.79 Å². The summed E-state index contributed by atoms with van der Waals surface area (Å²) >= 11 is 6.14. The number of nitrogens with zero attached hydrogens (tertiary/aromatic N) is 2. The van der Waals surface area contributed by atoms with Gasteiger partial charge in [0.15, 0.2) is 0 Å². The van der Waals surface area contributed by atoms with Crippen LogP contribution in [0, 0.1) is 0 Å². The van der Waals surface area contributed by atoms with Crippen molar-refractivity contribution in [2.75, 3.05) is 10.6 Å². The molecule has 0 aliphatic carbocycles.